The molecule has 1 aliphatic rings. The average Bonchev–Trinajstić information content (AvgIpc) is 2.79. The van der Waals surface area contributed by atoms with E-state index in [4.69, 9.17) is 16.3 Å². The van der Waals surface area contributed by atoms with E-state index >= 15 is 0 Å². The Hall–Kier alpha value is -1.67. The first-order valence-electron chi connectivity index (χ1n) is 6.86. The van der Waals surface area contributed by atoms with E-state index in [1.54, 1.807) is 0 Å². The van der Waals surface area contributed by atoms with Gasteiger partial charge in [-0.2, -0.15) is 0 Å². The Morgan fingerprint density at radius 3 is 2.74 bits per heavy atom. The second kappa shape index (κ2) is 7.27. The van der Waals surface area contributed by atoms with Crippen LogP contribution in [0.2, 0.25) is 5.02 Å². The van der Waals surface area contributed by atoms with Crippen LogP contribution >= 0.6 is 11.6 Å². The number of esters is 1. The summed E-state index contributed by atoms with van der Waals surface area (Å²) in [7, 11) is -3.06. The van der Waals surface area contributed by atoms with Crippen molar-refractivity contribution in [3.05, 3.63) is 29.0 Å². The number of anilines is 1. The van der Waals surface area contributed by atoms with Crippen molar-refractivity contribution in [1.82, 2.24) is 0 Å². The summed E-state index contributed by atoms with van der Waals surface area (Å²) in [6.45, 7) is -0.569. The average molecular weight is 364 g/mol. The number of hydrogen-bond acceptors (Lipinski definition) is 5. The third-order valence-corrected chi connectivity index (χ3v) is 5.42. The Morgan fingerprint density at radius 2 is 2.13 bits per heavy atom. The number of hydrogen-bond donors (Lipinski definition) is 1. The molecule has 1 aromatic rings. The molecule has 2 rings (SSSR count). The van der Waals surface area contributed by atoms with E-state index in [0.717, 1.165) is 6.07 Å². The third-order valence-electron chi connectivity index (χ3n) is 3.35. The van der Waals surface area contributed by atoms with E-state index < -0.39 is 34.1 Å². The molecule has 0 saturated carbocycles. The van der Waals surface area contributed by atoms with E-state index in [-0.39, 0.29) is 34.6 Å². The minimum absolute atomic E-state index is 0.0374. The van der Waals surface area contributed by atoms with Crippen molar-refractivity contribution in [2.24, 2.45) is 5.92 Å². The summed E-state index contributed by atoms with van der Waals surface area (Å²) in [6, 6.07) is 3.75. The lowest BCUT2D eigenvalue weighted by atomic mass is 10.1. The van der Waals surface area contributed by atoms with Gasteiger partial charge in [-0.25, -0.2) is 12.8 Å². The number of ether oxygens (including phenoxy) is 1. The van der Waals surface area contributed by atoms with Crippen LogP contribution in [-0.2, 0) is 24.2 Å². The molecule has 1 aromatic carbocycles. The van der Waals surface area contributed by atoms with E-state index in [1.807, 2.05) is 0 Å². The summed E-state index contributed by atoms with van der Waals surface area (Å²) < 4.78 is 40.8. The van der Waals surface area contributed by atoms with Gasteiger partial charge in [-0.1, -0.05) is 11.6 Å². The van der Waals surface area contributed by atoms with Crippen molar-refractivity contribution in [2.45, 2.75) is 12.8 Å². The lowest BCUT2D eigenvalue weighted by molar-refractivity contribution is -0.148. The van der Waals surface area contributed by atoms with Gasteiger partial charge in [0.1, 0.15) is 5.82 Å². The fourth-order valence-corrected chi connectivity index (χ4v) is 4.27. The molecule has 126 valence electrons. The zero-order valence-electron chi connectivity index (χ0n) is 12.1. The maximum atomic E-state index is 13.5. The van der Waals surface area contributed by atoms with Gasteiger partial charge in [0, 0.05) is 11.4 Å². The molecule has 0 radical (unpaired) electrons. The highest BCUT2D eigenvalue weighted by atomic mass is 35.5. The SMILES string of the molecule is O=C(COC(=O)C[C@@H]1CCS(=O)(=O)C1)Nc1ccc(Cl)cc1F. The molecular formula is C14H15ClFNO5S. The highest BCUT2D eigenvalue weighted by Gasteiger charge is 2.30. The third kappa shape index (κ3) is 5.47. The zero-order chi connectivity index (χ0) is 17.0. The molecule has 0 unspecified atom stereocenters. The molecule has 9 heteroatoms. The number of halogens is 2. The van der Waals surface area contributed by atoms with Crippen LogP contribution in [0.4, 0.5) is 10.1 Å². The van der Waals surface area contributed by atoms with Gasteiger partial charge >= 0.3 is 5.97 Å². The standard InChI is InChI=1S/C14H15ClFNO5S/c15-10-1-2-12(11(16)6-10)17-13(18)7-22-14(19)5-9-3-4-23(20,21)8-9/h1-2,6,9H,3-5,7-8H2,(H,17,18)/t9-/m0/s1. The van der Waals surface area contributed by atoms with Crippen LogP contribution in [0.25, 0.3) is 0 Å². The highest BCUT2D eigenvalue weighted by Crippen LogP contribution is 2.22. The smallest absolute Gasteiger partial charge is 0.306 e. The van der Waals surface area contributed by atoms with Gasteiger partial charge in [0.25, 0.3) is 5.91 Å². The summed E-state index contributed by atoms with van der Waals surface area (Å²) in [5.41, 5.74) is -0.0719. The van der Waals surface area contributed by atoms with Crippen LogP contribution < -0.4 is 5.32 Å². The van der Waals surface area contributed by atoms with Crippen LogP contribution in [0.5, 0.6) is 0 Å². The molecular weight excluding hydrogens is 349 g/mol. The molecule has 1 atom stereocenters. The van der Waals surface area contributed by atoms with Gasteiger partial charge in [-0.15, -0.1) is 0 Å². The van der Waals surface area contributed by atoms with E-state index in [1.165, 1.54) is 12.1 Å². The van der Waals surface area contributed by atoms with Crippen molar-refractivity contribution < 1.29 is 27.1 Å². The normalized spacial score (nSPS) is 19.3. The highest BCUT2D eigenvalue weighted by molar-refractivity contribution is 7.91. The molecule has 0 spiro atoms. The topological polar surface area (TPSA) is 89.5 Å². The first kappa shape index (κ1) is 17.7. The molecule has 1 aliphatic heterocycles. The molecule has 1 saturated heterocycles. The first-order valence-corrected chi connectivity index (χ1v) is 9.06. The van der Waals surface area contributed by atoms with Crippen molar-refractivity contribution in [2.75, 3.05) is 23.4 Å². The van der Waals surface area contributed by atoms with Crippen LogP contribution in [0, 0.1) is 11.7 Å². The summed E-state index contributed by atoms with van der Waals surface area (Å²) >= 11 is 5.59. The number of nitrogens with one attached hydrogen (secondary N) is 1. The predicted octanol–water partition coefficient (Wildman–Crippen LogP) is 1.79. The van der Waals surface area contributed by atoms with Gasteiger partial charge in [-0.05, 0) is 30.5 Å². The van der Waals surface area contributed by atoms with Gasteiger partial charge in [-0.3, -0.25) is 9.59 Å². The summed E-state index contributed by atoms with van der Waals surface area (Å²) in [6.07, 6.45) is 0.363. The lowest BCUT2D eigenvalue weighted by Gasteiger charge is -2.09. The van der Waals surface area contributed by atoms with Gasteiger partial charge in [0.2, 0.25) is 0 Å². The van der Waals surface area contributed by atoms with Crippen molar-refractivity contribution in [3.8, 4) is 0 Å². The molecule has 1 heterocycles. The minimum atomic E-state index is -3.06. The van der Waals surface area contributed by atoms with E-state index in [2.05, 4.69) is 5.32 Å². The Morgan fingerprint density at radius 1 is 1.39 bits per heavy atom. The van der Waals surface area contributed by atoms with Crippen molar-refractivity contribution in [1.29, 1.82) is 0 Å². The quantitative estimate of drug-likeness (QED) is 0.805. The number of rotatable bonds is 5. The van der Waals surface area contributed by atoms with Crippen molar-refractivity contribution in [3.63, 3.8) is 0 Å². The Kier molecular flexibility index (Phi) is 5.59. The number of amides is 1. The van der Waals surface area contributed by atoms with Crippen LogP contribution in [0.15, 0.2) is 18.2 Å². The van der Waals surface area contributed by atoms with E-state index in [9.17, 15) is 22.4 Å². The Balaban J connectivity index is 1.77. The molecule has 23 heavy (non-hydrogen) atoms. The number of carbonyl (C=O) groups is 2. The largest absolute Gasteiger partial charge is 0.456 e. The summed E-state index contributed by atoms with van der Waals surface area (Å²) in [4.78, 5) is 23.2. The summed E-state index contributed by atoms with van der Waals surface area (Å²) in [5, 5.41) is 2.45. The number of benzene rings is 1. The van der Waals surface area contributed by atoms with E-state index in [0.29, 0.717) is 6.42 Å². The molecule has 6 nitrogen and oxygen atoms in total. The Labute approximate surface area is 137 Å². The van der Waals surface area contributed by atoms with Crippen LogP contribution in [0.1, 0.15) is 12.8 Å². The predicted molar refractivity (Wildman–Crippen MR) is 82.4 cm³/mol. The van der Waals surface area contributed by atoms with Crippen LogP contribution in [-0.4, -0.2) is 38.4 Å². The summed E-state index contributed by atoms with van der Waals surface area (Å²) in [5.74, 6) is -2.29. The first-order chi connectivity index (χ1) is 10.7. The lowest BCUT2D eigenvalue weighted by Crippen LogP contribution is -2.22. The van der Waals surface area contributed by atoms with Crippen LogP contribution in [0.3, 0.4) is 0 Å². The molecule has 1 N–H and O–H groups in total. The fraction of sp³-hybridized carbons (Fsp3) is 0.429. The molecule has 0 aromatic heterocycles. The number of sulfone groups is 1. The van der Waals surface area contributed by atoms with Crippen molar-refractivity contribution >= 4 is 39.0 Å². The second-order valence-corrected chi connectivity index (χ2v) is 7.97. The zero-order valence-corrected chi connectivity index (χ0v) is 13.6. The maximum Gasteiger partial charge on any atom is 0.306 e. The molecule has 0 aliphatic carbocycles. The second-order valence-electron chi connectivity index (χ2n) is 5.31. The maximum absolute atomic E-state index is 13.5. The molecule has 0 bridgehead atoms. The molecule has 1 amide bonds. The van der Waals surface area contributed by atoms with Gasteiger partial charge in [0.15, 0.2) is 16.4 Å². The fourth-order valence-electron chi connectivity index (χ4n) is 2.25. The van der Waals surface area contributed by atoms with Gasteiger partial charge < -0.3 is 10.1 Å². The number of carbonyl (C=O) groups excluding carboxylic acids is 2. The minimum Gasteiger partial charge on any atom is -0.456 e. The molecule has 1 fully saturated rings. The van der Waals surface area contributed by atoms with Gasteiger partial charge in [0.05, 0.1) is 17.2 Å². The Bertz CT molecular complexity index is 722. The monoisotopic (exact) mass is 363 g/mol.